The van der Waals surface area contributed by atoms with E-state index < -0.39 is 0 Å². The predicted octanol–water partition coefficient (Wildman–Crippen LogP) is 4.79. The average molecular weight is 326 g/mol. The van der Waals surface area contributed by atoms with Crippen LogP contribution in [-0.2, 0) is 0 Å². The third kappa shape index (κ3) is 4.35. The minimum atomic E-state index is -0.205. The summed E-state index contributed by atoms with van der Waals surface area (Å²) in [5.41, 5.74) is 0.950. The molecule has 0 saturated carbocycles. The first kappa shape index (κ1) is 13.4. The number of anilines is 1. The summed E-state index contributed by atoms with van der Waals surface area (Å²) in [5.74, 6) is 0.762. The molecule has 2 aromatic rings. The number of benzene rings is 2. The van der Waals surface area contributed by atoms with Gasteiger partial charge in [-0.15, -0.1) is 11.8 Å². The highest BCUT2D eigenvalue weighted by molar-refractivity contribution is 9.10. The van der Waals surface area contributed by atoms with Crippen LogP contribution in [0.5, 0.6) is 0 Å². The summed E-state index contributed by atoms with van der Waals surface area (Å²) in [6, 6.07) is 14.7. The fourth-order valence-electron chi connectivity index (χ4n) is 1.49. The molecule has 94 valence electrons. The molecule has 0 unspecified atom stereocenters. The molecule has 0 aromatic heterocycles. The van der Waals surface area contributed by atoms with Crippen molar-refractivity contribution < 1.29 is 4.39 Å². The first-order chi connectivity index (χ1) is 8.74. The van der Waals surface area contributed by atoms with Gasteiger partial charge in [0.15, 0.2) is 0 Å². The molecule has 4 heteroatoms. The lowest BCUT2D eigenvalue weighted by molar-refractivity contribution is 0.628. The molecule has 2 aromatic carbocycles. The molecule has 0 fully saturated rings. The van der Waals surface area contributed by atoms with Gasteiger partial charge in [0.2, 0.25) is 0 Å². The Morgan fingerprint density at radius 2 is 1.89 bits per heavy atom. The molecule has 0 heterocycles. The van der Waals surface area contributed by atoms with Crippen molar-refractivity contribution in [1.82, 2.24) is 0 Å². The summed E-state index contributed by atoms with van der Waals surface area (Å²) < 4.78 is 13.8. The normalized spacial score (nSPS) is 10.3. The van der Waals surface area contributed by atoms with E-state index in [1.54, 1.807) is 23.9 Å². The van der Waals surface area contributed by atoms with Gasteiger partial charge in [0, 0.05) is 27.4 Å². The number of rotatable bonds is 5. The molecule has 18 heavy (non-hydrogen) atoms. The van der Waals surface area contributed by atoms with E-state index in [-0.39, 0.29) is 5.82 Å². The maximum absolute atomic E-state index is 12.7. The Hall–Kier alpha value is -1.00. The van der Waals surface area contributed by atoms with Crippen LogP contribution in [0.3, 0.4) is 0 Å². The Kier molecular flexibility index (Phi) is 5.08. The highest BCUT2D eigenvalue weighted by Crippen LogP contribution is 2.21. The van der Waals surface area contributed by atoms with E-state index in [1.165, 1.54) is 17.0 Å². The van der Waals surface area contributed by atoms with Crippen LogP contribution < -0.4 is 5.32 Å². The molecule has 2 rings (SSSR count). The molecule has 0 amide bonds. The molecule has 0 spiro atoms. The highest BCUT2D eigenvalue weighted by atomic mass is 79.9. The van der Waals surface area contributed by atoms with Crippen molar-refractivity contribution in [2.24, 2.45) is 0 Å². The van der Waals surface area contributed by atoms with E-state index in [2.05, 4.69) is 33.4 Å². The van der Waals surface area contributed by atoms with Crippen LogP contribution in [0.4, 0.5) is 10.1 Å². The Morgan fingerprint density at radius 3 is 2.61 bits per heavy atom. The van der Waals surface area contributed by atoms with Crippen molar-refractivity contribution in [2.45, 2.75) is 4.90 Å². The van der Waals surface area contributed by atoms with Crippen molar-refractivity contribution in [2.75, 3.05) is 17.6 Å². The Labute approximate surface area is 119 Å². The molecular weight excluding hydrogens is 313 g/mol. The summed E-state index contributed by atoms with van der Waals surface area (Å²) in [6.07, 6.45) is 0. The molecule has 0 aliphatic rings. The zero-order chi connectivity index (χ0) is 12.8. The minimum absolute atomic E-state index is 0.205. The van der Waals surface area contributed by atoms with Crippen LogP contribution in [0.15, 0.2) is 57.9 Å². The van der Waals surface area contributed by atoms with Crippen molar-refractivity contribution >= 4 is 33.4 Å². The van der Waals surface area contributed by atoms with E-state index in [9.17, 15) is 4.39 Å². The summed E-state index contributed by atoms with van der Waals surface area (Å²) >= 11 is 5.24. The smallest absolute Gasteiger partial charge is 0.123 e. The number of thioether (sulfide) groups is 1. The second-order valence-corrected chi connectivity index (χ2v) is 5.82. The number of halogens is 2. The van der Waals surface area contributed by atoms with Gasteiger partial charge in [-0.2, -0.15) is 0 Å². The summed E-state index contributed by atoms with van der Waals surface area (Å²) in [4.78, 5) is 1.24. The van der Waals surface area contributed by atoms with Gasteiger partial charge in [-0.25, -0.2) is 4.39 Å². The van der Waals surface area contributed by atoms with Crippen LogP contribution >= 0.6 is 27.7 Å². The van der Waals surface area contributed by atoms with Crippen molar-refractivity contribution in [3.63, 3.8) is 0 Å². The van der Waals surface area contributed by atoms with Crippen LogP contribution in [-0.4, -0.2) is 12.3 Å². The molecule has 0 radical (unpaired) electrons. The minimum Gasteiger partial charge on any atom is -0.384 e. The molecule has 0 aliphatic heterocycles. The SMILES string of the molecule is Fc1ccc(NCCSc2cccc(Br)c2)cc1. The molecule has 0 atom stereocenters. The topological polar surface area (TPSA) is 12.0 Å². The maximum atomic E-state index is 12.7. The van der Waals surface area contributed by atoms with Crippen LogP contribution in [0, 0.1) is 5.82 Å². The van der Waals surface area contributed by atoms with Crippen molar-refractivity contribution in [3.05, 3.63) is 58.8 Å². The predicted molar refractivity (Wildman–Crippen MR) is 79.8 cm³/mol. The van der Waals surface area contributed by atoms with E-state index in [0.29, 0.717) is 0 Å². The average Bonchev–Trinajstić information content (AvgIpc) is 2.37. The van der Waals surface area contributed by atoms with Gasteiger partial charge in [-0.1, -0.05) is 22.0 Å². The standard InChI is InChI=1S/C14H13BrFNS/c15-11-2-1-3-14(10-11)18-9-8-17-13-6-4-12(16)5-7-13/h1-7,10,17H,8-9H2. The molecule has 0 saturated heterocycles. The third-order valence-electron chi connectivity index (χ3n) is 2.34. The van der Waals surface area contributed by atoms with Crippen molar-refractivity contribution in [3.8, 4) is 0 Å². The van der Waals surface area contributed by atoms with Crippen LogP contribution in [0.25, 0.3) is 0 Å². The lowest BCUT2D eigenvalue weighted by atomic mass is 10.3. The van der Waals surface area contributed by atoms with Gasteiger partial charge in [0.25, 0.3) is 0 Å². The first-order valence-corrected chi connectivity index (χ1v) is 7.40. The first-order valence-electron chi connectivity index (χ1n) is 5.62. The van der Waals surface area contributed by atoms with Gasteiger partial charge < -0.3 is 5.32 Å². The molecular formula is C14H13BrFNS. The monoisotopic (exact) mass is 325 g/mol. The molecule has 1 nitrogen and oxygen atoms in total. The molecule has 0 aliphatic carbocycles. The van der Waals surface area contributed by atoms with E-state index in [4.69, 9.17) is 0 Å². The highest BCUT2D eigenvalue weighted by Gasteiger charge is 1.96. The fourth-order valence-corrected chi connectivity index (χ4v) is 2.86. The molecule has 0 bridgehead atoms. The van der Waals surface area contributed by atoms with E-state index in [0.717, 1.165) is 22.5 Å². The third-order valence-corrected chi connectivity index (χ3v) is 3.83. The Bertz CT molecular complexity index is 501. The summed E-state index contributed by atoms with van der Waals surface area (Å²) in [6.45, 7) is 0.850. The van der Waals surface area contributed by atoms with Gasteiger partial charge in [-0.3, -0.25) is 0 Å². The maximum Gasteiger partial charge on any atom is 0.123 e. The van der Waals surface area contributed by atoms with Gasteiger partial charge >= 0.3 is 0 Å². The van der Waals surface area contributed by atoms with Crippen molar-refractivity contribution in [1.29, 1.82) is 0 Å². The van der Waals surface area contributed by atoms with Gasteiger partial charge in [-0.05, 0) is 42.5 Å². The zero-order valence-electron chi connectivity index (χ0n) is 9.70. The molecule has 1 N–H and O–H groups in total. The zero-order valence-corrected chi connectivity index (χ0v) is 12.1. The second kappa shape index (κ2) is 6.81. The van der Waals surface area contributed by atoms with Gasteiger partial charge in [0.1, 0.15) is 5.82 Å². The Balaban J connectivity index is 1.74. The number of hydrogen-bond acceptors (Lipinski definition) is 2. The summed E-state index contributed by atoms with van der Waals surface area (Å²) in [5, 5.41) is 3.26. The van der Waals surface area contributed by atoms with Gasteiger partial charge in [0.05, 0.1) is 0 Å². The summed E-state index contributed by atoms with van der Waals surface area (Å²) in [7, 11) is 0. The quantitative estimate of drug-likeness (QED) is 0.626. The lowest BCUT2D eigenvalue weighted by Crippen LogP contribution is -2.03. The second-order valence-electron chi connectivity index (χ2n) is 3.74. The Morgan fingerprint density at radius 1 is 1.11 bits per heavy atom. The van der Waals surface area contributed by atoms with Crippen LogP contribution in [0.1, 0.15) is 0 Å². The van der Waals surface area contributed by atoms with Crippen LogP contribution in [0.2, 0.25) is 0 Å². The number of hydrogen-bond donors (Lipinski definition) is 1. The van der Waals surface area contributed by atoms with E-state index >= 15 is 0 Å². The lowest BCUT2D eigenvalue weighted by Gasteiger charge is -2.06. The largest absolute Gasteiger partial charge is 0.384 e. The fraction of sp³-hybridized carbons (Fsp3) is 0.143. The number of nitrogens with one attached hydrogen (secondary N) is 1. The van der Waals surface area contributed by atoms with E-state index in [1.807, 2.05) is 12.1 Å².